The topological polar surface area (TPSA) is 90.3 Å². The van der Waals surface area contributed by atoms with Gasteiger partial charge in [0, 0.05) is 6.20 Å². The number of ether oxygens (including phenoxy) is 2. The van der Waals surface area contributed by atoms with Gasteiger partial charge in [0.25, 0.3) is 0 Å². The highest BCUT2D eigenvalue weighted by Gasteiger charge is 2.33. The van der Waals surface area contributed by atoms with Gasteiger partial charge >= 0.3 is 12.1 Å². The van der Waals surface area contributed by atoms with Gasteiger partial charge in [0.2, 0.25) is 0 Å². The molecule has 0 aliphatic heterocycles. The van der Waals surface area contributed by atoms with E-state index in [9.17, 15) is 32.0 Å². The van der Waals surface area contributed by atoms with Crippen LogP contribution in [-0.2, 0) is 10.9 Å². The number of nitrogen functional groups attached to an aromatic ring is 1. The van der Waals surface area contributed by atoms with Crippen molar-refractivity contribution in [2.45, 2.75) is 13.1 Å². The zero-order chi connectivity index (χ0) is 23.8. The number of hydrogen-bond acceptors (Lipinski definition) is 5. The van der Waals surface area contributed by atoms with Crippen molar-refractivity contribution in [3.05, 3.63) is 70.5 Å². The van der Waals surface area contributed by atoms with Gasteiger partial charge in [-0.25, -0.2) is 13.6 Å². The highest BCUT2D eigenvalue weighted by Crippen LogP contribution is 2.38. The van der Waals surface area contributed by atoms with Gasteiger partial charge in [-0.3, -0.25) is 0 Å². The molecule has 1 aromatic heterocycles. The summed E-state index contributed by atoms with van der Waals surface area (Å²) in [5.41, 5.74) is 4.49. The van der Waals surface area contributed by atoms with E-state index in [1.807, 2.05) is 0 Å². The lowest BCUT2D eigenvalue weighted by Crippen LogP contribution is -2.12. The Morgan fingerprint density at radius 1 is 1.16 bits per heavy atom. The Kier molecular flexibility index (Phi) is 5.81. The van der Waals surface area contributed by atoms with Gasteiger partial charge < -0.3 is 19.8 Å². The molecule has 1 heterocycles. The van der Waals surface area contributed by atoms with Crippen molar-refractivity contribution in [1.29, 1.82) is 5.26 Å². The molecule has 0 amide bonds. The third-order valence-corrected chi connectivity index (χ3v) is 4.46. The summed E-state index contributed by atoms with van der Waals surface area (Å²) in [4.78, 5) is 12.3. The molecule has 0 bridgehead atoms. The van der Waals surface area contributed by atoms with Gasteiger partial charge in [0.15, 0.2) is 28.8 Å². The second kappa shape index (κ2) is 8.22. The van der Waals surface area contributed by atoms with Gasteiger partial charge in [-0.2, -0.15) is 18.4 Å². The summed E-state index contributed by atoms with van der Waals surface area (Å²) < 4.78 is 78.2. The Hall–Kier alpha value is -4.07. The summed E-state index contributed by atoms with van der Waals surface area (Å²) in [6.07, 6.45) is -3.76. The number of hydrogen-bond donors (Lipinski definition) is 1. The van der Waals surface area contributed by atoms with E-state index in [4.69, 9.17) is 15.2 Å². The maximum Gasteiger partial charge on any atom is 0.416 e. The number of aromatic nitrogens is 1. The van der Waals surface area contributed by atoms with Crippen molar-refractivity contribution in [1.82, 2.24) is 4.57 Å². The number of nitrogens with two attached hydrogens (primary N) is 1. The fraction of sp³-hybridized carbons (Fsp3) is 0.143. The van der Waals surface area contributed by atoms with E-state index in [1.54, 1.807) is 13.0 Å². The molecular weight excluding hydrogens is 437 g/mol. The van der Waals surface area contributed by atoms with E-state index >= 15 is 0 Å². The molecule has 0 radical (unpaired) electrons. The van der Waals surface area contributed by atoms with E-state index in [0.29, 0.717) is 5.56 Å². The number of methoxy groups -OCH3 is 1. The van der Waals surface area contributed by atoms with Crippen LogP contribution in [0.4, 0.5) is 27.6 Å². The van der Waals surface area contributed by atoms with Gasteiger partial charge in [0.05, 0.1) is 29.6 Å². The third kappa shape index (κ3) is 4.07. The summed E-state index contributed by atoms with van der Waals surface area (Å²) in [6, 6.07) is 6.28. The van der Waals surface area contributed by atoms with Crippen LogP contribution in [0.3, 0.4) is 0 Å². The average Bonchev–Trinajstić information content (AvgIpc) is 3.06. The first kappa shape index (κ1) is 22.6. The lowest BCUT2D eigenvalue weighted by atomic mass is 10.1. The minimum absolute atomic E-state index is 0.0392. The summed E-state index contributed by atoms with van der Waals surface area (Å²) in [5, 5.41) is 9.26. The third-order valence-electron chi connectivity index (χ3n) is 4.46. The highest BCUT2D eigenvalue weighted by atomic mass is 19.4. The molecule has 32 heavy (non-hydrogen) atoms. The number of rotatable bonds is 4. The lowest BCUT2D eigenvalue weighted by molar-refractivity contribution is -0.138. The van der Waals surface area contributed by atoms with Crippen molar-refractivity contribution in [3.8, 4) is 23.3 Å². The molecule has 0 fully saturated rings. The predicted molar refractivity (Wildman–Crippen MR) is 102 cm³/mol. The first-order valence-corrected chi connectivity index (χ1v) is 8.82. The van der Waals surface area contributed by atoms with Crippen LogP contribution < -0.4 is 10.5 Å². The van der Waals surface area contributed by atoms with Crippen molar-refractivity contribution in [2.24, 2.45) is 0 Å². The molecule has 3 aromatic rings. The number of nitriles is 1. The summed E-state index contributed by atoms with van der Waals surface area (Å²) >= 11 is 0. The molecule has 2 N–H and O–H groups in total. The van der Waals surface area contributed by atoms with Crippen LogP contribution in [0.1, 0.15) is 27.2 Å². The number of carbonyl (C=O) groups is 1. The Balaban J connectivity index is 2.19. The largest absolute Gasteiger partial charge is 0.464 e. The van der Waals surface area contributed by atoms with Crippen LogP contribution in [0, 0.1) is 29.9 Å². The highest BCUT2D eigenvalue weighted by molar-refractivity contribution is 5.96. The average molecular weight is 451 g/mol. The first-order chi connectivity index (χ1) is 15.0. The van der Waals surface area contributed by atoms with Crippen LogP contribution >= 0.6 is 0 Å². The van der Waals surface area contributed by atoms with E-state index in [1.165, 1.54) is 24.4 Å². The fourth-order valence-electron chi connectivity index (χ4n) is 2.94. The smallest absolute Gasteiger partial charge is 0.416 e. The Morgan fingerprint density at radius 3 is 2.31 bits per heavy atom. The maximum absolute atomic E-state index is 14.3. The van der Waals surface area contributed by atoms with Gasteiger partial charge in [-0.15, -0.1) is 0 Å². The fourth-order valence-corrected chi connectivity index (χ4v) is 2.94. The second-order valence-corrected chi connectivity index (χ2v) is 6.62. The number of halogens is 5. The number of nitrogens with zero attached hydrogens (tertiary/aromatic N) is 2. The number of anilines is 1. The van der Waals surface area contributed by atoms with E-state index in [2.05, 4.69) is 0 Å². The van der Waals surface area contributed by atoms with Gasteiger partial charge in [0.1, 0.15) is 6.07 Å². The molecule has 0 atom stereocenters. The Bertz CT molecular complexity index is 1240. The Morgan fingerprint density at radius 2 is 1.78 bits per heavy atom. The number of benzene rings is 2. The quantitative estimate of drug-likeness (QED) is 0.440. The van der Waals surface area contributed by atoms with Crippen LogP contribution in [0.25, 0.3) is 5.69 Å². The van der Waals surface area contributed by atoms with E-state index in [0.717, 1.165) is 11.7 Å². The minimum atomic E-state index is -4.96. The maximum atomic E-state index is 14.3. The second-order valence-electron chi connectivity index (χ2n) is 6.62. The number of esters is 1. The first-order valence-electron chi connectivity index (χ1n) is 8.82. The standard InChI is InChI=1S/C21H14F5N3O3/c1-10-3-4-16(32-19-13(22)6-12(7-14(19)23)21(24,25)26)15(5-10)29-9-11(8-27)17(28)18(29)20(30)31-2/h3-7,9H,28H2,1-2H3. The molecule has 11 heteroatoms. The molecule has 0 spiro atoms. The molecule has 6 nitrogen and oxygen atoms in total. The molecule has 2 aromatic carbocycles. The molecule has 0 aliphatic rings. The minimum Gasteiger partial charge on any atom is -0.464 e. The summed E-state index contributed by atoms with van der Waals surface area (Å²) in [6.45, 7) is 1.67. The normalized spacial score (nSPS) is 11.2. The van der Waals surface area contributed by atoms with Crippen LogP contribution in [0.15, 0.2) is 36.5 Å². The van der Waals surface area contributed by atoms with Crippen molar-refractivity contribution < 1.29 is 36.2 Å². The number of alkyl halides is 3. The SMILES string of the molecule is COC(=O)c1c(N)c(C#N)cn1-c1cc(C)ccc1Oc1c(F)cc(C(F)(F)F)cc1F. The molecule has 3 rings (SSSR count). The van der Waals surface area contributed by atoms with E-state index in [-0.39, 0.29) is 40.5 Å². The Labute approximate surface area is 178 Å². The molecule has 0 saturated heterocycles. The van der Waals surface area contributed by atoms with E-state index < -0.39 is 35.1 Å². The molecule has 0 aliphatic carbocycles. The van der Waals surface area contributed by atoms with Gasteiger partial charge in [-0.1, -0.05) is 6.07 Å². The van der Waals surface area contributed by atoms with Crippen LogP contribution in [0.5, 0.6) is 11.5 Å². The lowest BCUT2D eigenvalue weighted by Gasteiger charge is -2.16. The molecule has 166 valence electrons. The van der Waals surface area contributed by atoms with Crippen LogP contribution in [0.2, 0.25) is 0 Å². The van der Waals surface area contributed by atoms with Crippen LogP contribution in [-0.4, -0.2) is 17.6 Å². The predicted octanol–water partition coefficient (Wildman–Crippen LogP) is 5.12. The van der Waals surface area contributed by atoms with Gasteiger partial charge in [-0.05, 0) is 36.8 Å². The molecule has 0 unspecified atom stereocenters. The zero-order valence-corrected chi connectivity index (χ0v) is 16.6. The monoisotopic (exact) mass is 451 g/mol. The zero-order valence-electron chi connectivity index (χ0n) is 16.6. The number of aryl methyl sites for hydroxylation is 1. The summed E-state index contributed by atoms with van der Waals surface area (Å²) in [7, 11) is 1.09. The van der Waals surface area contributed by atoms with Crippen molar-refractivity contribution in [2.75, 3.05) is 12.8 Å². The van der Waals surface area contributed by atoms with Crippen molar-refractivity contribution >= 4 is 11.7 Å². The summed E-state index contributed by atoms with van der Waals surface area (Å²) in [5.74, 6) is -5.37. The molecule has 0 saturated carbocycles. The molecular formula is C21H14F5N3O3. The van der Waals surface area contributed by atoms with Crippen molar-refractivity contribution in [3.63, 3.8) is 0 Å². The number of carbonyl (C=O) groups excluding carboxylic acids is 1.